The lowest BCUT2D eigenvalue weighted by Crippen LogP contribution is -2.12. The maximum Gasteiger partial charge on any atom is 0.306 e. The number of ether oxygens (including phenoxy) is 1. The molecule has 23 heavy (non-hydrogen) atoms. The number of benzene rings is 1. The van der Waals surface area contributed by atoms with E-state index in [2.05, 4.69) is 0 Å². The molecule has 0 amide bonds. The molecule has 0 saturated heterocycles. The van der Waals surface area contributed by atoms with Crippen molar-refractivity contribution in [1.29, 1.82) is 0 Å². The van der Waals surface area contributed by atoms with Crippen molar-refractivity contribution in [1.82, 2.24) is 4.57 Å². The van der Waals surface area contributed by atoms with Crippen LogP contribution in [0.2, 0.25) is 0 Å². The Hall–Kier alpha value is -2.36. The van der Waals surface area contributed by atoms with Gasteiger partial charge >= 0.3 is 5.97 Å². The van der Waals surface area contributed by atoms with E-state index in [0.717, 1.165) is 18.4 Å². The summed E-state index contributed by atoms with van der Waals surface area (Å²) in [6.07, 6.45) is 4.06. The molecule has 122 valence electrons. The molecule has 0 spiro atoms. The average molecular weight is 313 g/mol. The molecule has 1 aromatic heterocycles. The van der Waals surface area contributed by atoms with Gasteiger partial charge in [-0.1, -0.05) is 43.7 Å². The van der Waals surface area contributed by atoms with Crippen molar-refractivity contribution in [3.8, 4) is 0 Å². The average Bonchev–Trinajstić information content (AvgIpc) is 3.02. The number of unbranched alkanes of at least 4 members (excludes halogenated alkanes) is 1. The minimum atomic E-state index is -0.298. The van der Waals surface area contributed by atoms with E-state index in [1.54, 1.807) is 6.07 Å². The van der Waals surface area contributed by atoms with Gasteiger partial charge in [0.25, 0.3) is 0 Å². The molecule has 0 atom stereocenters. The fourth-order valence-corrected chi connectivity index (χ4v) is 2.33. The standard InChI is InChI=1S/C19H23NO3/c1-2-3-14-23-19(22)12-11-18(21)17-10-7-13-20(17)15-16-8-5-4-6-9-16/h4-10,13H,2-3,11-12,14-15H2,1H3. The summed E-state index contributed by atoms with van der Waals surface area (Å²) in [5.41, 5.74) is 1.77. The van der Waals surface area contributed by atoms with Crippen molar-refractivity contribution in [2.45, 2.75) is 39.2 Å². The van der Waals surface area contributed by atoms with Crippen molar-refractivity contribution in [2.75, 3.05) is 6.61 Å². The number of Topliss-reactive ketones (excluding diaryl/α,β-unsaturated/α-hetero) is 1. The number of ketones is 1. The molecule has 0 aliphatic carbocycles. The van der Waals surface area contributed by atoms with E-state index < -0.39 is 0 Å². The van der Waals surface area contributed by atoms with Crippen LogP contribution in [0.1, 0.15) is 48.7 Å². The third-order valence-electron chi connectivity index (χ3n) is 3.63. The molecule has 0 saturated carbocycles. The van der Waals surface area contributed by atoms with Crippen LogP contribution in [-0.4, -0.2) is 22.9 Å². The summed E-state index contributed by atoms with van der Waals surface area (Å²) in [5.74, 6) is -0.327. The number of rotatable bonds is 9. The Morgan fingerprint density at radius 2 is 1.83 bits per heavy atom. The number of carbonyl (C=O) groups is 2. The molecule has 0 fully saturated rings. The molecular formula is C19H23NO3. The van der Waals surface area contributed by atoms with Gasteiger partial charge in [0.15, 0.2) is 5.78 Å². The highest BCUT2D eigenvalue weighted by molar-refractivity contribution is 5.96. The fourth-order valence-electron chi connectivity index (χ4n) is 2.33. The highest BCUT2D eigenvalue weighted by Crippen LogP contribution is 2.11. The third-order valence-corrected chi connectivity index (χ3v) is 3.63. The maximum absolute atomic E-state index is 12.3. The lowest BCUT2D eigenvalue weighted by Gasteiger charge is -2.09. The minimum absolute atomic E-state index is 0.0293. The first-order valence-electron chi connectivity index (χ1n) is 8.08. The number of esters is 1. The Balaban J connectivity index is 1.88. The van der Waals surface area contributed by atoms with Crippen LogP contribution < -0.4 is 0 Å². The number of nitrogens with zero attached hydrogens (tertiary/aromatic N) is 1. The van der Waals surface area contributed by atoms with E-state index >= 15 is 0 Å². The zero-order valence-electron chi connectivity index (χ0n) is 13.5. The molecule has 0 bridgehead atoms. The van der Waals surface area contributed by atoms with Gasteiger partial charge in [0, 0.05) is 19.2 Å². The van der Waals surface area contributed by atoms with Gasteiger partial charge in [-0.2, -0.15) is 0 Å². The lowest BCUT2D eigenvalue weighted by atomic mass is 10.1. The Morgan fingerprint density at radius 3 is 2.57 bits per heavy atom. The van der Waals surface area contributed by atoms with E-state index in [9.17, 15) is 9.59 Å². The van der Waals surface area contributed by atoms with Gasteiger partial charge in [-0.15, -0.1) is 0 Å². The normalized spacial score (nSPS) is 10.5. The van der Waals surface area contributed by atoms with Gasteiger partial charge < -0.3 is 9.30 Å². The van der Waals surface area contributed by atoms with Crippen molar-refractivity contribution in [3.63, 3.8) is 0 Å². The molecule has 0 aliphatic heterocycles. The molecule has 0 aliphatic rings. The summed E-state index contributed by atoms with van der Waals surface area (Å²) >= 11 is 0. The Kier molecular flexibility index (Phi) is 6.60. The summed E-state index contributed by atoms with van der Waals surface area (Å²) in [6.45, 7) is 3.13. The Morgan fingerprint density at radius 1 is 1.04 bits per heavy atom. The zero-order chi connectivity index (χ0) is 16.5. The van der Waals surface area contributed by atoms with Gasteiger partial charge in [-0.3, -0.25) is 9.59 Å². The highest BCUT2D eigenvalue weighted by atomic mass is 16.5. The van der Waals surface area contributed by atoms with Gasteiger partial charge in [-0.25, -0.2) is 0 Å². The van der Waals surface area contributed by atoms with Gasteiger partial charge in [0.1, 0.15) is 0 Å². The predicted octanol–water partition coefficient (Wildman–Crippen LogP) is 3.84. The Bertz CT molecular complexity index is 631. The molecular weight excluding hydrogens is 290 g/mol. The van der Waals surface area contributed by atoms with Crippen LogP contribution in [0.15, 0.2) is 48.7 Å². The molecule has 0 N–H and O–H groups in total. The van der Waals surface area contributed by atoms with Crippen molar-refractivity contribution in [2.24, 2.45) is 0 Å². The summed E-state index contributed by atoms with van der Waals surface area (Å²) in [4.78, 5) is 23.9. The van der Waals surface area contributed by atoms with Gasteiger partial charge in [0.2, 0.25) is 0 Å². The molecule has 4 nitrogen and oxygen atoms in total. The number of carbonyl (C=O) groups excluding carboxylic acids is 2. The molecule has 0 radical (unpaired) electrons. The number of aromatic nitrogens is 1. The monoisotopic (exact) mass is 313 g/mol. The molecule has 4 heteroatoms. The van der Waals surface area contributed by atoms with Crippen molar-refractivity contribution >= 4 is 11.8 Å². The second-order valence-corrected chi connectivity index (χ2v) is 5.50. The summed E-state index contributed by atoms with van der Waals surface area (Å²) in [5, 5.41) is 0. The van der Waals surface area contributed by atoms with Crippen LogP contribution in [0.5, 0.6) is 0 Å². The molecule has 2 rings (SSSR count). The van der Waals surface area contributed by atoms with Crippen molar-refractivity contribution < 1.29 is 14.3 Å². The summed E-state index contributed by atoms with van der Waals surface area (Å²) in [7, 11) is 0. The largest absolute Gasteiger partial charge is 0.466 e. The van der Waals surface area contributed by atoms with Crippen LogP contribution in [0.3, 0.4) is 0 Å². The predicted molar refractivity (Wildman–Crippen MR) is 89.4 cm³/mol. The van der Waals surface area contributed by atoms with Crippen molar-refractivity contribution in [3.05, 3.63) is 59.9 Å². The minimum Gasteiger partial charge on any atom is -0.466 e. The van der Waals surface area contributed by atoms with E-state index in [1.807, 2.05) is 54.1 Å². The zero-order valence-corrected chi connectivity index (χ0v) is 13.5. The number of hydrogen-bond acceptors (Lipinski definition) is 3. The molecule has 0 unspecified atom stereocenters. The van der Waals surface area contributed by atoms with E-state index in [4.69, 9.17) is 4.74 Å². The lowest BCUT2D eigenvalue weighted by molar-refractivity contribution is -0.143. The van der Waals surface area contributed by atoms with Crippen LogP contribution >= 0.6 is 0 Å². The highest BCUT2D eigenvalue weighted by Gasteiger charge is 2.13. The third kappa shape index (κ3) is 5.40. The van der Waals surface area contributed by atoms with E-state index in [1.165, 1.54) is 0 Å². The smallest absolute Gasteiger partial charge is 0.306 e. The second kappa shape index (κ2) is 8.93. The SMILES string of the molecule is CCCCOC(=O)CCC(=O)c1cccn1Cc1ccccc1. The quantitative estimate of drug-likeness (QED) is 0.401. The van der Waals surface area contributed by atoms with Crippen LogP contribution in [0.25, 0.3) is 0 Å². The molecule has 1 heterocycles. The maximum atomic E-state index is 12.3. The number of hydrogen-bond donors (Lipinski definition) is 0. The topological polar surface area (TPSA) is 48.3 Å². The first kappa shape index (κ1) is 17.0. The molecule has 1 aromatic carbocycles. The van der Waals surface area contributed by atoms with Crippen LogP contribution in [0.4, 0.5) is 0 Å². The summed E-state index contributed by atoms with van der Waals surface area (Å²) in [6, 6.07) is 13.6. The fraction of sp³-hybridized carbons (Fsp3) is 0.368. The van der Waals surface area contributed by atoms with Crippen LogP contribution in [0, 0.1) is 0 Å². The first-order chi connectivity index (χ1) is 11.2. The van der Waals surface area contributed by atoms with Gasteiger partial charge in [0.05, 0.1) is 18.7 Å². The van der Waals surface area contributed by atoms with E-state index in [0.29, 0.717) is 18.8 Å². The van der Waals surface area contributed by atoms with Crippen LogP contribution in [-0.2, 0) is 16.1 Å². The van der Waals surface area contributed by atoms with Gasteiger partial charge in [-0.05, 0) is 24.1 Å². The summed E-state index contributed by atoms with van der Waals surface area (Å²) < 4.78 is 6.99. The first-order valence-corrected chi connectivity index (χ1v) is 8.08. The molecule has 2 aromatic rings. The van der Waals surface area contributed by atoms with E-state index in [-0.39, 0.29) is 24.6 Å². The second-order valence-electron chi connectivity index (χ2n) is 5.50. The Labute approximate surface area is 137 Å².